The van der Waals surface area contributed by atoms with Gasteiger partial charge in [-0.2, -0.15) is 0 Å². The first-order valence-corrected chi connectivity index (χ1v) is 7.49. The highest BCUT2D eigenvalue weighted by atomic mass is 16.5. The molecule has 2 rings (SSSR count). The maximum Gasteiger partial charge on any atom is 0.142 e. The Kier molecular flexibility index (Phi) is 5.68. The summed E-state index contributed by atoms with van der Waals surface area (Å²) in [5.74, 6) is 0.954. The van der Waals surface area contributed by atoms with Crippen molar-refractivity contribution >= 4 is 5.69 Å². The van der Waals surface area contributed by atoms with Gasteiger partial charge in [-0.1, -0.05) is 12.1 Å². The average molecular weight is 278 g/mol. The Morgan fingerprint density at radius 1 is 1.20 bits per heavy atom. The molecule has 1 aliphatic heterocycles. The maximum absolute atomic E-state index is 9.29. The largest absolute Gasteiger partial charge is 0.495 e. The van der Waals surface area contributed by atoms with E-state index in [-0.39, 0.29) is 6.10 Å². The third-order valence-corrected chi connectivity index (χ3v) is 3.89. The van der Waals surface area contributed by atoms with Crippen LogP contribution in [0.1, 0.15) is 19.8 Å². The number of para-hydroxylation sites is 2. The minimum Gasteiger partial charge on any atom is -0.495 e. The molecule has 1 saturated heterocycles. The lowest BCUT2D eigenvalue weighted by molar-refractivity contribution is 0.169. The van der Waals surface area contributed by atoms with Crippen LogP contribution in [0.3, 0.4) is 0 Å². The first-order valence-electron chi connectivity index (χ1n) is 7.49. The van der Waals surface area contributed by atoms with Crippen LogP contribution >= 0.6 is 0 Å². The number of hydrogen-bond acceptors (Lipinski definition) is 4. The van der Waals surface area contributed by atoms with E-state index in [4.69, 9.17) is 4.74 Å². The summed E-state index contributed by atoms with van der Waals surface area (Å²) in [6.07, 6.45) is 1.80. The van der Waals surface area contributed by atoms with Gasteiger partial charge in [0.2, 0.25) is 0 Å². The summed E-state index contributed by atoms with van der Waals surface area (Å²) in [4.78, 5) is 4.87. The van der Waals surface area contributed by atoms with Gasteiger partial charge in [0.25, 0.3) is 0 Å². The van der Waals surface area contributed by atoms with E-state index in [1.54, 1.807) is 7.11 Å². The van der Waals surface area contributed by atoms with Crippen molar-refractivity contribution in [3.8, 4) is 5.75 Å². The summed E-state index contributed by atoms with van der Waals surface area (Å²) >= 11 is 0. The van der Waals surface area contributed by atoms with Gasteiger partial charge in [0, 0.05) is 26.2 Å². The average Bonchev–Trinajstić information content (AvgIpc) is 2.47. The number of piperazine rings is 1. The summed E-state index contributed by atoms with van der Waals surface area (Å²) in [7, 11) is 1.73. The van der Waals surface area contributed by atoms with Crippen molar-refractivity contribution in [3.05, 3.63) is 24.3 Å². The van der Waals surface area contributed by atoms with Crippen LogP contribution in [0.4, 0.5) is 5.69 Å². The van der Waals surface area contributed by atoms with Crippen LogP contribution in [0, 0.1) is 0 Å². The zero-order chi connectivity index (χ0) is 14.4. The molecule has 1 heterocycles. The molecule has 0 aromatic heterocycles. The van der Waals surface area contributed by atoms with Gasteiger partial charge >= 0.3 is 0 Å². The minimum absolute atomic E-state index is 0.176. The minimum atomic E-state index is -0.176. The topological polar surface area (TPSA) is 35.9 Å². The Balaban J connectivity index is 1.82. The van der Waals surface area contributed by atoms with Gasteiger partial charge in [0.05, 0.1) is 18.9 Å². The Bertz CT molecular complexity index is 401. The van der Waals surface area contributed by atoms with E-state index < -0.39 is 0 Å². The van der Waals surface area contributed by atoms with Crippen LogP contribution in [-0.2, 0) is 0 Å². The highest BCUT2D eigenvalue weighted by molar-refractivity contribution is 5.58. The van der Waals surface area contributed by atoms with E-state index in [0.717, 1.165) is 51.3 Å². The number of anilines is 1. The molecule has 1 atom stereocenters. The third-order valence-electron chi connectivity index (χ3n) is 3.89. The highest BCUT2D eigenvalue weighted by Gasteiger charge is 2.19. The van der Waals surface area contributed by atoms with Crippen molar-refractivity contribution < 1.29 is 9.84 Å². The fraction of sp³-hybridized carbons (Fsp3) is 0.625. The Morgan fingerprint density at radius 2 is 1.90 bits per heavy atom. The molecule has 4 nitrogen and oxygen atoms in total. The second-order valence-corrected chi connectivity index (χ2v) is 5.49. The second-order valence-electron chi connectivity index (χ2n) is 5.49. The SMILES string of the molecule is COc1ccccc1N1CCN(CCCC(C)O)CC1. The van der Waals surface area contributed by atoms with Crippen molar-refractivity contribution in [3.63, 3.8) is 0 Å². The van der Waals surface area contributed by atoms with Gasteiger partial charge in [-0.25, -0.2) is 0 Å². The monoisotopic (exact) mass is 278 g/mol. The highest BCUT2D eigenvalue weighted by Crippen LogP contribution is 2.28. The number of hydrogen-bond donors (Lipinski definition) is 1. The van der Waals surface area contributed by atoms with E-state index in [0.29, 0.717) is 0 Å². The van der Waals surface area contributed by atoms with E-state index >= 15 is 0 Å². The number of methoxy groups -OCH3 is 1. The summed E-state index contributed by atoms with van der Waals surface area (Å²) in [6.45, 7) is 7.18. The number of rotatable bonds is 6. The van der Waals surface area contributed by atoms with Crippen molar-refractivity contribution in [2.24, 2.45) is 0 Å². The van der Waals surface area contributed by atoms with Crippen molar-refractivity contribution in [2.45, 2.75) is 25.9 Å². The van der Waals surface area contributed by atoms with E-state index in [1.165, 1.54) is 5.69 Å². The van der Waals surface area contributed by atoms with Crippen molar-refractivity contribution in [2.75, 3.05) is 44.7 Å². The molecule has 0 spiro atoms. The number of aliphatic hydroxyl groups excluding tert-OH is 1. The molecule has 0 bridgehead atoms. The van der Waals surface area contributed by atoms with Crippen LogP contribution < -0.4 is 9.64 Å². The van der Waals surface area contributed by atoms with Gasteiger partial charge in [0.15, 0.2) is 0 Å². The van der Waals surface area contributed by atoms with Gasteiger partial charge in [-0.15, -0.1) is 0 Å². The molecule has 0 aliphatic carbocycles. The van der Waals surface area contributed by atoms with Crippen LogP contribution in [-0.4, -0.2) is 55.9 Å². The first-order chi connectivity index (χ1) is 9.70. The van der Waals surface area contributed by atoms with Gasteiger partial charge < -0.3 is 14.7 Å². The molecule has 1 unspecified atom stereocenters. The first kappa shape index (κ1) is 15.1. The predicted octanol–water partition coefficient (Wildman–Crippen LogP) is 1.98. The smallest absolute Gasteiger partial charge is 0.142 e. The molecule has 1 N–H and O–H groups in total. The van der Waals surface area contributed by atoms with E-state index in [9.17, 15) is 5.11 Å². The zero-order valence-corrected chi connectivity index (χ0v) is 12.6. The molecule has 0 amide bonds. The van der Waals surface area contributed by atoms with Gasteiger partial charge in [-0.3, -0.25) is 4.90 Å². The summed E-state index contributed by atoms with van der Waals surface area (Å²) in [6, 6.07) is 8.22. The normalized spacial score (nSPS) is 18.1. The third kappa shape index (κ3) is 4.12. The fourth-order valence-electron chi connectivity index (χ4n) is 2.71. The molecule has 1 fully saturated rings. The van der Waals surface area contributed by atoms with Gasteiger partial charge in [-0.05, 0) is 38.4 Å². The molecular weight excluding hydrogens is 252 g/mol. The molecule has 1 aromatic rings. The lowest BCUT2D eigenvalue weighted by atomic mass is 10.2. The molecule has 1 aliphatic rings. The molecule has 0 radical (unpaired) electrons. The van der Waals surface area contributed by atoms with E-state index in [1.807, 2.05) is 19.1 Å². The fourth-order valence-corrected chi connectivity index (χ4v) is 2.71. The molecule has 20 heavy (non-hydrogen) atoms. The predicted molar refractivity (Wildman–Crippen MR) is 82.6 cm³/mol. The van der Waals surface area contributed by atoms with Crippen LogP contribution in [0.5, 0.6) is 5.75 Å². The summed E-state index contributed by atoms with van der Waals surface area (Å²) in [5, 5.41) is 9.29. The summed E-state index contributed by atoms with van der Waals surface area (Å²) in [5.41, 5.74) is 1.19. The zero-order valence-electron chi connectivity index (χ0n) is 12.6. The lowest BCUT2D eigenvalue weighted by Gasteiger charge is -2.36. The summed E-state index contributed by atoms with van der Waals surface area (Å²) < 4.78 is 5.43. The number of ether oxygens (including phenoxy) is 1. The van der Waals surface area contributed by atoms with Crippen molar-refractivity contribution in [1.82, 2.24) is 4.90 Å². The second kappa shape index (κ2) is 7.50. The number of benzene rings is 1. The molecule has 112 valence electrons. The molecule has 1 aromatic carbocycles. The molecular formula is C16H26N2O2. The van der Waals surface area contributed by atoms with Gasteiger partial charge in [0.1, 0.15) is 5.75 Å². The van der Waals surface area contributed by atoms with Crippen LogP contribution in [0.15, 0.2) is 24.3 Å². The molecule has 0 saturated carbocycles. The standard InChI is InChI=1S/C16H26N2O2/c1-14(19)6-5-9-17-10-12-18(13-11-17)15-7-3-4-8-16(15)20-2/h3-4,7-8,14,19H,5-6,9-13H2,1-2H3. The van der Waals surface area contributed by atoms with Crippen LogP contribution in [0.25, 0.3) is 0 Å². The van der Waals surface area contributed by atoms with Crippen LogP contribution in [0.2, 0.25) is 0 Å². The Labute approximate surface area is 122 Å². The Morgan fingerprint density at radius 3 is 2.55 bits per heavy atom. The quantitative estimate of drug-likeness (QED) is 0.863. The van der Waals surface area contributed by atoms with Crippen molar-refractivity contribution in [1.29, 1.82) is 0 Å². The molecule has 4 heteroatoms. The Hall–Kier alpha value is -1.26. The van der Waals surface area contributed by atoms with E-state index in [2.05, 4.69) is 21.9 Å². The number of aliphatic hydroxyl groups is 1. The maximum atomic E-state index is 9.29. The number of nitrogens with zero attached hydrogens (tertiary/aromatic N) is 2. The lowest BCUT2D eigenvalue weighted by Crippen LogP contribution is -2.46.